The van der Waals surface area contributed by atoms with E-state index in [1.165, 1.54) is 26.4 Å². The highest BCUT2D eigenvalue weighted by Gasteiger charge is 2.18. The maximum absolute atomic E-state index is 12.4. The molecule has 0 saturated heterocycles. The monoisotopic (exact) mass is 408 g/mol. The molecule has 0 aliphatic heterocycles. The van der Waals surface area contributed by atoms with Crippen LogP contribution in [0.5, 0.6) is 23.0 Å². The predicted octanol–water partition coefficient (Wildman–Crippen LogP) is 2.03. The van der Waals surface area contributed by atoms with Crippen LogP contribution in [0.2, 0.25) is 5.02 Å². The maximum Gasteiger partial charge on any atom is 0.255 e. The number of hydrogen-bond acceptors (Lipinski definition) is 6. The molecule has 0 saturated carbocycles. The van der Waals surface area contributed by atoms with Crippen molar-refractivity contribution in [2.45, 2.75) is 0 Å². The number of methoxy groups -OCH3 is 2. The van der Waals surface area contributed by atoms with Gasteiger partial charge in [-0.25, -0.2) is 0 Å². The van der Waals surface area contributed by atoms with Crippen molar-refractivity contribution >= 4 is 23.4 Å². The Morgan fingerprint density at radius 3 is 2.32 bits per heavy atom. The van der Waals surface area contributed by atoms with Gasteiger partial charge >= 0.3 is 0 Å². The van der Waals surface area contributed by atoms with Gasteiger partial charge in [-0.05, 0) is 30.3 Å². The van der Waals surface area contributed by atoms with E-state index in [9.17, 15) is 9.59 Å². The lowest BCUT2D eigenvalue weighted by Crippen LogP contribution is -2.28. The number of halogens is 1. The Bertz CT molecular complexity index is 818. The molecule has 0 aliphatic rings. The zero-order chi connectivity index (χ0) is 20.5. The van der Waals surface area contributed by atoms with Gasteiger partial charge in [0.1, 0.15) is 12.4 Å². The molecule has 0 fully saturated rings. The Morgan fingerprint density at radius 2 is 1.75 bits per heavy atom. The quantitative estimate of drug-likeness (QED) is 0.582. The standard InChI is InChI=1S/C19H21ClN2O6/c1-25-15-8-12(9-16(26-2)18(15)28-11-17(21)23)19(24)22-6-7-27-14-5-3-4-13(20)10-14/h3-5,8-10H,6-7,11H2,1-2H3,(H2,21,23)(H,22,24). The minimum absolute atomic E-state index is 0.185. The topological polar surface area (TPSA) is 109 Å². The van der Waals surface area contributed by atoms with Crippen LogP contribution < -0.4 is 30.0 Å². The molecule has 0 bridgehead atoms. The van der Waals surface area contributed by atoms with Crippen LogP contribution in [0.15, 0.2) is 36.4 Å². The Hall–Kier alpha value is -3.13. The second-order valence-corrected chi connectivity index (χ2v) is 5.96. The van der Waals surface area contributed by atoms with Crippen LogP contribution in [0.3, 0.4) is 0 Å². The second kappa shape index (κ2) is 10.3. The number of primary amides is 1. The van der Waals surface area contributed by atoms with Crippen LogP contribution in [0.1, 0.15) is 10.4 Å². The molecule has 9 heteroatoms. The average Bonchev–Trinajstić information content (AvgIpc) is 2.68. The van der Waals surface area contributed by atoms with Crippen molar-refractivity contribution < 1.29 is 28.5 Å². The number of ether oxygens (including phenoxy) is 4. The molecule has 2 rings (SSSR count). The molecule has 2 amide bonds. The number of nitrogens with two attached hydrogens (primary N) is 1. The smallest absolute Gasteiger partial charge is 0.255 e. The van der Waals surface area contributed by atoms with Crippen molar-refractivity contribution in [1.29, 1.82) is 0 Å². The van der Waals surface area contributed by atoms with Gasteiger partial charge in [-0.15, -0.1) is 0 Å². The Balaban J connectivity index is 2.00. The van der Waals surface area contributed by atoms with Gasteiger partial charge in [0.2, 0.25) is 5.75 Å². The minimum Gasteiger partial charge on any atom is -0.493 e. The molecule has 28 heavy (non-hydrogen) atoms. The molecule has 150 valence electrons. The van der Waals surface area contributed by atoms with E-state index >= 15 is 0 Å². The summed E-state index contributed by atoms with van der Waals surface area (Å²) in [4.78, 5) is 23.4. The number of hydrogen-bond donors (Lipinski definition) is 2. The van der Waals surface area contributed by atoms with Gasteiger partial charge in [-0.1, -0.05) is 17.7 Å². The number of benzene rings is 2. The van der Waals surface area contributed by atoms with Crippen molar-refractivity contribution in [1.82, 2.24) is 5.32 Å². The molecule has 2 aromatic rings. The van der Waals surface area contributed by atoms with Gasteiger partial charge < -0.3 is 30.0 Å². The maximum atomic E-state index is 12.4. The lowest BCUT2D eigenvalue weighted by molar-refractivity contribution is -0.120. The third-order valence-corrected chi connectivity index (χ3v) is 3.77. The fourth-order valence-electron chi connectivity index (χ4n) is 2.29. The van der Waals surface area contributed by atoms with Gasteiger partial charge in [0.15, 0.2) is 18.1 Å². The van der Waals surface area contributed by atoms with Crippen LogP contribution in [0.4, 0.5) is 0 Å². The van der Waals surface area contributed by atoms with E-state index in [0.29, 0.717) is 16.3 Å². The number of rotatable bonds is 10. The van der Waals surface area contributed by atoms with Gasteiger partial charge in [-0.2, -0.15) is 0 Å². The molecule has 0 radical (unpaired) electrons. The molecule has 0 spiro atoms. The normalized spacial score (nSPS) is 10.1. The van der Waals surface area contributed by atoms with Crippen LogP contribution in [0.25, 0.3) is 0 Å². The third-order valence-electron chi connectivity index (χ3n) is 3.53. The van der Waals surface area contributed by atoms with Gasteiger partial charge in [0.25, 0.3) is 11.8 Å². The number of carbonyl (C=O) groups is 2. The van der Waals surface area contributed by atoms with E-state index < -0.39 is 5.91 Å². The minimum atomic E-state index is -0.648. The summed E-state index contributed by atoms with van der Waals surface area (Å²) in [6.07, 6.45) is 0. The van der Waals surface area contributed by atoms with E-state index in [1.54, 1.807) is 24.3 Å². The number of nitrogens with one attached hydrogen (secondary N) is 1. The summed E-state index contributed by atoms with van der Waals surface area (Å²) in [5.74, 6) is 0.269. The first kappa shape index (κ1) is 21.2. The summed E-state index contributed by atoms with van der Waals surface area (Å²) in [6, 6.07) is 9.93. The first-order valence-electron chi connectivity index (χ1n) is 8.28. The van der Waals surface area contributed by atoms with E-state index in [4.69, 9.17) is 36.3 Å². The van der Waals surface area contributed by atoms with Gasteiger partial charge in [0.05, 0.1) is 20.8 Å². The molecule has 0 heterocycles. The molecule has 2 aromatic carbocycles. The molecule has 0 unspecified atom stereocenters. The van der Waals surface area contributed by atoms with Crippen molar-refractivity contribution in [3.8, 4) is 23.0 Å². The molecule has 0 aliphatic carbocycles. The van der Waals surface area contributed by atoms with Crippen LogP contribution in [-0.2, 0) is 4.79 Å². The fraction of sp³-hybridized carbons (Fsp3) is 0.263. The van der Waals surface area contributed by atoms with E-state index in [-0.39, 0.29) is 42.9 Å². The molecule has 0 aromatic heterocycles. The van der Waals surface area contributed by atoms with Gasteiger partial charge in [-0.3, -0.25) is 9.59 Å². The summed E-state index contributed by atoms with van der Waals surface area (Å²) in [7, 11) is 2.82. The molecule has 0 atom stereocenters. The largest absolute Gasteiger partial charge is 0.493 e. The third kappa shape index (κ3) is 5.95. The Morgan fingerprint density at radius 1 is 1.07 bits per heavy atom. The highest BCUT2D eigenvalue weighted by Crippen LogP contribution is 2.38. The highest BCUT2D eigenvalue weighted by molar-refractivity contribution is 6.30. The second-order valence-electron chi connectivity index (χ2n) is 5.53. The predicted molar refractivity (Wildman–Crippen MR) is 104 cm³/mol. The van der Waals surface area contributed by atoms with Crippen molar-refractivity contribution in [3.05, 3.63) is 47.0 Å². The summed E-state index contributed by atoms with van der Waals surface area (Å²) in [5.41, 5.74) is 5.39. The summed E-state index contributed by atoms with van der Waals surface area (Å²) >= 11 is 5.89. The molecular formula is C19H21ClN2O6. The zero-order valence-electron chi connectivity index (χ0n) is 15.5. The molecular weight excluding hydrogens is 388 g/mol. The number of amides is 2. The van der Waals surface area contributed by atoms with E-state index in [1.807, 2.05) is 0 Å². The fourth-order valence-corrected chi connectivity index (χ4v) is 2.47. The Kier molecular flexibility index (Phi) is 7.76. The average molecular weight is 409 g/mol. The zero-order valence-corrected chi connectivity index (χ0v) is 16.2. The van der Waals surface area contributed by atoms with Crippen LogP contribution in [0, 0.1) is 0 Å². The van der Waals surface area contributed by atoms with Crippen LogP contribution in [-0.4, -0.2) is 45.8 Å². The first-order valence-corrected chi connectivity index (χ1v) is 8.66. The SMILES string of the molecule is COc1cc(C(=O)NCCOc2cccc(Cl)c2)cc(OC)c1OCC(N)=O. The van der Waals surface area contributed by atoms with Gasteiger partial charge in [0, 0.05) is 10.6 Å². The lowest BCUT2D eigenvalue weighted by Gasteiger charge is -2.15. The van der Waals surface area contributed by atoms with Crippen LogP contribution >= 0.6 is 11.6 Å². The van der Waals surface area contributed by atoms with Crippen molar-refractivity contribution in [2.24, 2.45) is 5.73 Å². The molecule has 8 nitrogen and oxygen atoms in total. The highest BCUT2D eigenvalue weighted by atomic mass is 35.5. The summed E-state index contributed by atoms with van der Waals surface area (Å²) < 4.78 is 21.3. The van der Waals surface area contributed by atoms with E-state index in [2.05, 4.69) is 5.32 Å². The summed E-state index contributed by atoms with van der Waals surface area (Å²) in [5, 5.41) is 3.30. The first-order chi connectivity index (χ1) is 13.4. The summed E-state index contributed by atoms with van der Waals surface area (Å²) in [6.45, 7) is 0.190. The Labute approximate surface area is 167 Å². The van der Waals surface area contributed by atoms with Crippen molar-refractivity contribution in [3.63, 3.8) is 0 Å². The van der Waals surface area contributed by atoms with Crippen molar-refractivity contribution in [2.75, 3.05) is 34.0 Å². The van der Waals surface area contributed by atoms with E-state index in [0.717, 1.165) is 0 Å². The number of carbonyl (C=O) groups excluding carboxylic acids is 2. The lowest BCUT2D eigenvalue weighted by atomic mass is 10.1. The molecule has 3 N–H and O–H groups in total.